The lowest BCUT2D eigenvalue weighted by Gasteiger charge is -2.36. The molecule has 6 nitrogen and oxygen atoms in total. The predicted molar refractivity (Wildman–Crippen MR) is 109 cm³/mol. The molecule has 2 aliphatic heterocycles. The lowest BCUT2D eigenvalue weighted by atomic mass is 10.1. The van der Waals surface area contributed by atoms with Crippen LogP contribution in [0.25, 0.3) is 0 Å². The second kappa shape index (κ2) is 8.63. The highest BCUT2D eigenvalue weighted by molar-refractivity contribution is 7.09. The first kappa shape index (κ1) is 18.1. The van der Waals surface area contributed by atoms with Gasteiger partial charge in [0.1, 0.15) is 0 Å². The smallest absolute Gasteiger partial charge is 0.231 e. The fourth-order valence-corrected chi connectivity index (χ4v) is 4.21. The Hall–Kier alpha value is -2.25. The summed E-state index contributed by atoms with van der Waals surface area (Å²) in [5.74, 6) is 2.72. The van der Waals surface area contributed by atoms with Gasteiger partial charge in [-0.2, -0.15) is 0 Å². The quantitative estimate of drug-likeness (QED) is 0.632. The number of thiophene rings is 1. The SMILES string of the molecule is CN=C(NCCc1cccs1)N1CCN(Cc2ccc3c(c2)OCO3)CC1. The largest absolute Gasteiger partial charge is 0.454 e. The van der Waals surface area contributed by atoms with Crippen LogP contribution in [0.3, 0.4) is 0 Å². The van der Waals surface area contributed by atoms with Gasteiger partial charge >= 0.3 is 0 Å². The summed E-state index contributed by atoms with van der Waals surface area (Å²) in [5, 5.41) is 5.63. The van der Waals surface area contributed by atoms with Gasteiger partial charge in [-0.25, -0.2) is 0 Å². The molecule has 0 aliphatic carbocycles. The number of aliphatic imine (C=N–C) groups is 1. The Morgan fingerprint density at radius 3 is 2.78 bits per heavy atom. The standard InChI is InChI=1S/C20H26N4O2S/c1-21-20(22-7-6-17-3-2-12-27-17)24-10-8-23(9-11-24)14-16-4-5-18-19(13-16)26-15-25-18/h2-5,12-13H,6-11,14-15H2,1H3,(H,21,22). The van der Waals surface area contributed by atoms with E-state index in [1.54, 1.807) is 0 Å². The molecular weight excluding hydrogens is 360 g/mol. The number of fused-ring (bicyclic) bond motifs is 1. The number of nitrogens with zero attached hydrogens (tertiary/aromatic N) is 3. The molecule has 1 N–H and O–H groups in total. The van der Waals surface area contributed by atoms with E-state index in [0.717, 1.165) is 63.1 Å². The zero-order valence-electron chi connectivity index (χ0n) is 15.7. The molecule has 0 spiro atoms. The Balaban J connectivity index is 1.24. The summed E-state index contributed by atoms with van der Waals surface area (Å²) in [4.78, 5) is 10.7. The molecule has 3 heterocycles. The van der Waals surface area contributed by atoms with Gasteiger partial charge in [0, 0.05) is 51.2 Å². The van der Waals surface area contributed by atoms with Crippen molar-refractivity contribution in [2.75, 3.05) is 46.6 Å². The van der Waals surface area contributed by atoms with Crippen molar-refractivity contribution in [3.05, 3.63) is 46.2 Å². The number of ether oxygens (including phenoxy) is 2. The van der Waals surface area contributed by atoms with Crippen LogP contribution in [0.1, 0.15) is 10.4 Å². The van der Waals surface area contributed by atoms with Gasteiger partial charge in [0.15, 0.2) is 17.5 Å². The average molecular weight is 387 g/mol. The van der Waals surface area contributed by atoms with Crippen LogP contribution in [-0.4, -0.2) is 62.3 Å². The summed E-state index contributed by atoms with van der Waals surface area (Å²) in [5.41, 5.74) is 1.27. The molecule has 0 atom stereocenters. The summed E-state index contributed by atoms with van der Waals surface area (Å²) in [6, 6.07) is 10.5. The first-order valence-corrected chi connectivity index (χ1v) is 10.3. The number of nitrogens with one attached hydrogen (secondary N) is 1. The summed E-state index contributed by atoms with van der Waals surface area (Å²) in [7, 11) is 1.87. The maximum atomic E-state index is 5.48. The third-order valence-corrected chi connectivity index (χ3v) is 5.90. The predicted octanol–water partition coefficient (Wildman–Crippen LogP) is 2.41. The molecule has 2 aliphatic rings. The minimum Gasteiger partial charge on any atom is -0.454 e. The summed E-state index contributed by atoms with van der Waals surface area (Å²) < 4.78 is 10.9. The highest BCUT2D eigenvalue weighted by Crippen LogP contribution is 2.32. The van der Waals surface area contributed by atoms with Gasteiger partial charge in [0.2, 0.25) is 6.79 Å². The van der Waals surface area contributed by atoms with Gasteiger partial charge in [-0.15, -0.1) is 11.3 Å². The van der Waals surface area contributed by atoms with Gasteiger partial charge in [0.05, 0.1) is 0 Å². The third-order valence-electron chi connectivity index (χ3n) is 4.96. The minimum atomic E-state index is 0.329. The van der Waals surface area contributed by atoms with E-state index < -0.39 is 0 Å². The Labute approximate surface area is 164 Å². The Kier molecular flexibility index (Phi) is 5.79. The van der Waals surface area contributed by atoms with Gasteiger partial charge < -0.3 is 19.7 Å². The highest BCUT2D eigenvalue weighted by atomic mass is 32.1. The van der Waals surface area contributed by atoms with Crippen molar-refractivity contribution in [2.45, 2.75) is 13.0 Å². The van der Waals surface area contributed by atoms with Crippen molar-refractivity contribution in [1.29, 1.82) is 0 Å². The van der Waals surface area contributed by atoms with Crippen LogP contribution in [0.4, 0.5) is 0 Å². The van der Waals surface area contributed by atoms with Crippen LogP contribution in [0.5, 0.6) is 11.5 Å². The highest BCUT2D eigenvalue weighted by Gasteiger charge is 2.20. The van der Waals surface area contributed by atoms with Crippen molar-refractivity contribution < 1.29 is 9.47 Å². The van der Waals surface area contributed by atoms with Crippen molar-refractivity contribution in [2.24, 2.45) is 4.99 Å². The maximum absolute atomic E-state index is 5.48. The molecule has 1 saturated heterocycles. The molecule has 1 aromatic heterocycles. The van der Waals surface area contributed by atoms with Crippen LogP contribution in [-0.2, 0) is 13.0 Å². The molecule has 0 bridgehead atoms. The molecule has 1 aromatic carbocycles. The summed E-state index contributed by atoms with van der Waals surface area (Å²) in [6.45, 7) is 6.22. The Morgan fingerprint density at radius 1 is 1.15 bits per heavy atom. The fourth-order valence-electron chi connectivity index (χ4n) is 3.50. The van der Waals surface area contributed by atoms with Crippen molar-refractivity contribution in [3.8, 4) is 11.5 Å². The van der Waals surface area contributed by atoms with E-state index in [0.29, 0.717) is 6.79 Å². The Morgan fingerprint density at radius 2 is 2.00 bits per heavy atom. The zero-order valence-corrected chi connectivity index (χ0v) is 16.5. The first-order chi connectivity index (χ1) is 13.3. The normalized spacial score (nSPS) is 17.4. The van der Waals surface area contributed by atoms with Crippen LogP contribution in [0.2, 0.25) is 0 Å². The second-order valence-electron chi connectivity index (χ2n) is 6.75. The lowest BCUT2D eigenvalue weighted by molar-refractivity contribution is 0.171. The molecule has 2 aromatic rings. The van der Waals surface area contributed by atoms with E-state index in [1.807, 2.05) is 24.5 Å². The molecule has 1 fully saturated rings. The van der Waals surface area contributed by atoms with Crippen LogP contribution >= 0.6 is 11.3 Å². The number of benzene rings is 1. The monoisotopic (exact) mass is 386 g/mol. The van der Waals surface area contributed by atoms with Crippen molar-refractivity contribution in [1.82, 2.24) is 15.1 Å². The molecule has 4 rings (SSSR count). The number of hydrogen-bond donors (Lipinski definition) is 1. The van der Waals surface area contributed by atoms with E-state index >= 15 is 0 Å². The van der Waals surface area contributed by atoms with Gasteiger partial charge in [-0.1, -0.05) is 12.1 Å². The van der Waals surface area contributed by atoms with E-state index in [4.69, 9.17) is 9.47 Å². The maximum Gasteiger partial charge on any atom is 0.231 e. The third kappa shape index (κ3) is 4.54. The molecule has 144 valence electrons. The first-order valence-electron chi connectivity index (χ1n) is 9.41. The molecule has 27 heavy (non-hydrogen) atoms. The lowest BCUT2D eigenvalue weighted by Crippen LogP contribution is -2.52. The molecular formula is C20H26N4O2S. The number of guanidine groups is 1. The zero-order chi connectivity index (χ0) is 18.5. The molecule has 0 unspecified atom stereocenters. The minimum absolute atomic E-state index is 0.329. The van der Waals surface area contributed by atoms with Crippen LogP contribution in [0, 0.1) is 0 Å². The molecule has 7 heteroatoms. The van der Waals surface area contributed by atoms with Crippen LogP contribution < -0.4 is 14.8 Å². The van der Waals surface area contributed by atoms with Gasteiger partial charge in [-0.05, 0) is 35.6 Å². The molecule has 0 saturated carbocycles. The van der Waals surface area contributed by atoms with E-state index in [9.17, 15) is 0 Å². The van der Waals surface area contributed by atoms with Gasteiger partial charge in [0.25, 0.3) is 0 Å². The second-order valence-corrected chi connectivity index (χ2v) is 7.79. The van der Waals surface area contributed by atoms with Gasteiger partial charge in [-0.3, -0.25) is 9.89 Å². The fraction of sp³-hybridized carbons (Fsp3) is 0.450. The van der Waals surface area contributed by atoms with E-state index in [2.05, 4.69) is 49.8 Å². The average Bonchev–Trinajstić information content (AvgIpc) is 3.37. The topological polar surface area (TPSA) is 49.3 Å². The molecule has 0 amide bonds. The summed E-state index contributed by atoms with van der Waals surface area (Å²) >= 11 is 1.81. The molecule has 0 radical (unpaired) electrons. The Bertz CT molecular complexity index is 770. The van der Waals surface area contributed by atoms with Crippen molar-refractivity contribution in [3.63, 3.8) is 0 Å². The van der Waals surface area contributed by atoms with E-state index in [1.165, 1.54) is 10.4 Å². The van der Waals surface area contributed by atoms with Crippen molar-refractivity contribution >= 4 is 17.3 Å². The van der Waals surface area contributed by atoms with Crippen LogP contribution in [0.15, 0.2) is 40.7 Å². The number of piperazine rings is 1. The van der Waals surface area contributed by atoms with E-state index in [-0.39, 0.29) is 0 Å². The number of hydrogen-bond acceptors (Lipinski definition) is 5. The summed E-state index contributed by atoms with van der Waals surface area (Å²) in [6.07, 6.45) is 1.04. The number of rotatable bonds is 5.